The molecule has 4 heteroatoms. The Bertz CT molecular complexity index is 163. The molecule has 0 aromatic carbocycles. The van der Waals surface area contributed by atoms with E-state index in [1.54, 1.807) is 0 Å². The average Bonchev–Trinajstić information content (AvgIpc) is 2.17. The quantitative estimate of drug-likeness (QED) is 0.439. The van der Waals surface area contributed by atoms with Crippen LogP contribution in [0.15, 0.2) is 0 Å². The average molecular weight is 169 g/mol. The molecule has 68 valence electrons. The zero-order valence-corrected chi connectivity index (χ0v) is 7.88. The van der Waals surface area contributed by atoms with Crippen LogP contribution in [0.1, 0.15) is 12.8 Å². The van der Waals surface area contributed by atoms with Gasteiger partial charge >= 0.3 is 5.97 Å². The van der Waals surface area contributed by atoms with Crippen molar-refractivity contribution in [3.05, 3.63) is 0 Å². The third kappa shape index (κ3) is 2.24. The van der Waals surface area contributed by atoms with Gasteiger partial charge < -0.3 is 9.55 Å². The molecule has 12 heavy (non-hydrogen) atoms. The van der Waals surface area contributed by atoms with Crippen LogP contribution in [0.5, 0.6) is 0 Å². The van der Waals surface area contributed by atoms with E-state index in [4.69, 9.17) is 4.74 Å². The zero-order chi connectivity index (χ0) is 8.97. The second kappa shape index (κ2) is 4.50. The van der Waals surface area contributed by atoms with Gasteiger partial charge in [0, 0.05) is 6.54 Å². The molecule has 1 unspecified atom stereocenters. The Morgan fingerprint density at radius 3 is 3.00 bits per heavy atom. The molecule has 1 heterocycles. The second-order valence-electron chi connectivity index (χ2n) is 3.26. The van der Waals surface area contributed by atoms with Gasteiger partial charge in [0.25, 0.3) is 0 Å². The first kappa shape index (κ1) is 9.58. The molecule has 1 aliphatic rings. The minimum absolute atomic E-state index is 0.0480. The Kier molecular flexibility index (Phi) is 3.60. The third-order valence-corrected chi connectivity index (χ3v) is 2.49. The zero-order valence-electron chi connectivity index (χ0n) is 7.88. The Balaban J connectivity index is 2.40. The highest BCUT2D eigenvalue weighted by molar-refractivity contribution is 6.29. The van der Waals surface area contributed by atoms with E-state index in [2.05, 4.69) is 11.6 Å². The van der Waals surface area contributed by atoms with Gasteiger partial charge in [-0.2, -0.15) is 0 Å². The summed E-state index contributed by atoms with van der Waals surface area (Å²) in [5.41, 5.74) is 0. The van der Waals surface area contributed by atoms with Crippen LogP contribution in [0.2, 0.25) is 6.82 Å². The first-order chi connectivity index (χ1) is 5.77. The van der Waals surface area contributed by atoms with Crippen LogP contribution < -0.4 is 0 Å². The highest BCUT2D eigenvalue weighted by Gasteiger charge is 2.25. The number of hydrogen-bond donors (Lipinski definition) is 0. The van der Waals surface area contributed by atoms with Crippen LogP contribution >= 0.6 is 0 Å². The molecule has 0 aromatic rings. The van der Waals surface area contributed by atoms with Gasteiger partial charge in [-0.25, -0.2) is 0 Å². The highest BCUT2D eigenvalue weighted by atomic mass is 16.5. The maximum absolute atomic E-state index is 11.2. The number of ether oxygens (including phenoxy) is 1. The van der Waals surface area contributed by atoms with Gasteiger partial charge in [0.1, 0.15) is 0 Å². The smallest absolute Gasteiger partial charge is 0.309 e. The number of piperidine rings is 1. The Labute approximate surface area is 74.3 Å². The standard InChI is InChI=1S/C8H16BNO2/c1-9-10-5-3-4-7(6-10)8(11)12-2/h7,9H,3-6H2,1-2H3. The normalized spacial score (nSPS) is 25.0. The minimum Gasteiger partial charge on any atom is -0.469 e. The van der Waals surface area contributed by atoms with Crippen molar-refractivity contribution >= 4 is 13.4 Å². The van der Waals surface area contributed by atoms with Gasteiger partial charge in [-0.3, -0.25) is 4.79 Å². The van der Waals surface area contributed by atoms with Crippen molar-refractivity contribution in [1.82, 2.24) is 4.81 Å². The summed E-state index contributed by atoms with van der Waals surface area (Å²) in [5, 5.41) is 0. The maximum Gasteiger partial charge on any atom is 0.309 e. The van der Waals surface area contributed by atoms with Gasteiger partial charge in [0.2, 0.25) is 7.41 Å². The molecule has 0 aliphatic carbocycles. The lowest BCUT2D eigenvalue weighted by molar-refractivity contribution is -0.146. The molecule has 1 atom stereocenters. The van der Waals surface area contributed by atoms with Crippen LogP contribution in [0.4, 0.5) is 0 Å². The lowest BCUT2D eigenvalue weighted by Crippen LogP contribution is -2.40. The van der Waals surface area contributed by atoms with Crippen molar-refractivity contribution in [2.45, 2.75) is 19.7 Å². The summed E-state index contributed by atoms with van der Waals surface area (Å²) in [6.07, 6.45) is 2.11. The molecule has 0 bridgehead atoms. The fraction of sp³-hybridized carbons (Fsp3) is 0.875. The van der Waals surface area contributed by atoms with Crippen molar-refractivity contribution in [1.29, 1.82) is 0 Å². The number of rotatable bonds is 2. The lowest BCUT2D eigenvalue weighted by Gasteiger charge is -2.29. The van der Waals surface area contributed by atoms with E-state index in [0.29, 0.717) is 0 Å². The molecular formula is C8H16BNO2. The van der Waals surface area contributed by atoms with Crippen LogP contribution in [0, 0.1) is 5.92 Å². The van der Waals surface area contributed by atoms with Crippen molar-refractivity contribution < 1.29 is 9.53 Å². The van der Waals surface area contributed by atoms with E-state index in [-0.39, 0.29) is 11.9 Å². The topological polar surface area (TPSA) is 29.5 Å². The first-order valence-corrected chi connectivity index (χ1v) is 4.58. The molecule has 0 N–H and O–H groups in total. The summed E-state index contributed by atoms with van der Waals surface area (Å²) < 4.78 is 4.72. The summed E-state index contributed by atoms with van der Waals surface area (Å²) in [7, 11) is 2.50. The SMILES string of the molecule is CBN1CCCC(C(=O)OC)C1. The summed E-state index contributed by atoms with van der Waals surface area (Å²) in [4.78, 5) is 13.5. The molecule has 1 aliphatic heterocycles. The molecule has 0 radical (unpaired) electrons. The number of nitrogens with zero attached hydrogens (tertiary/aromatic N) is 1. The van der Waals surface area contributed by atoms with Crippen LogP contribution in [0.3, 0.4) is 0 Å². The number of hydrogen-bond acceptors (Lipinski definition) is 3. The minimum atomic E-state index is -0.0480. The summed E-state index contributed by atoms with van der Waals surface area (Å²) in [6, 6.07) is 0. The molecule has 1 fully saturated rings. The number of esters is 1. The van der Waals surface area contributed by atoms with Gasteiger partial charge in [0.05, 0.1) is 13.0 Å². The van der Waals surface area contributed by atoms with E-state index in [9.17, 15) is 4.79 Å². The van der Waals surface area contributed by atoms with Gasteiger partial charge in [0.15, 0.2) is 0 Å². The fourth-order valence-electron chi connectivity index (χ4n) is 1.70. The number of carbonyl (C=O) groups is 1. The summed E-state index contributed by atoms with van der Waals surface area (Å²) in [6.45, 7) is 4.13. The predicted octanol–water partition coefficient (Wildman–Crippen LogP) is 0.271. The lowest BCUT2D eigenvalue weighted by atomic mass is 9.88. The van der Waals surface area contributed by atoms with E-state index in [1.807, 2.05) is 0 Å². The molecule has 3 nitrogen and oxygen atoms in total. The highest BCUT2D eigenvalue weighted by Crippen LogP contribution is 2.16. The number of carbonyl (C=O) groups excluding carboxylic acids is 1. The Morgan fingerprint density at radius 2 is 2.42 bits per heavy atom. The van der Waals surface area contributed by atoms with E-state index < -0.39 is 0 Å². The largest absolute Gasteiger partial charge is 0.469 e. The molecule has 1 saturated heterocycles. The van der Waals surface area contributed by atoms with Gasteiger partial charge in [-0.05, 0) is 19.4 Å². The fourth-order valence-corrected chi connectivity index (χ4v) is 1.70. The Morgan fingerprint density at radius 1 is 1.67 bits per heavy atom. The number of methoxy groups -OCH3 is 1. The Hall–Kier alpha value is -0.505. The van der Waals surface area contributed by atoms with Crippen LogP contribution in [-0.2, 0) is 9.53 Å². The van der Waals surface area contributed by atoms with Crippen molar-refractivity contribution in [2.24, 2.45) is 5.92 Å². The molecule has 0 amide bonds. The maximum atomic E-state index is 11.2. The van der Waals surface area contributed by atoms with E-state index in [0.717, 1.165) is 33.3 Å². The third-order valence-electron chi connectivity index (χ3n) is 2.49. The molecule has 0 spiro atoms. The van der Waals surface area contributed by atoms with Crippen LogP contribution in [-0.4, -0.2) is 38.4 Å². The van der Waals surface area contributed by atoms with Crippen LogP contribution in [0.25, 0.3) is 0 Å². The first-order valence-electron chi connectivity index (χ1n) is 4.58. The molecule has 0 aromatic heterocycles. The molecular weight excluding hydrogens is 153 g/mol. The van der Waals surface area contributed by atoms with Crippen molar-refractivity contribution in [3.63, 3.8) is 0 Å². The van der Waals surface area contributed by atoms with Gasteiger partial charge in [-0.15, -0.1) is 0 Å². The van der Waals surface area contributed by atoms with Crippen molar-refractivity contribution in [2.75, 3.05) is 20.2 Å². The van der Waals surface area contributed by atoms with E-state index >= 15 is 0 Å². The van der Waals surface area contributed by atoms with Gasteiger partial charge in [-0.1, -0.05) is 6.82 Å². The molecule has 0 saturated carbocycles. The monoisotopic (exact) mass is 169 g/mol. The summed E-state index contributed by atoms with van der Waals surface area (Å²) >= 11 is 0. The second-order valence-corrected chi connectivity index (χ2v) is 3.26. The molecule has 1 rings (SSSR count). The van der Waals surface area contributed by atoms with E-state index in [1.165, 1.54) is 7.11 Å². The summed E-state index contributed by atoms with van der Waals surface area (Å²) in [5.74, 6) is 0.0665. The predicted molar refractivity (Wildman–Crippen MR) is 49.3 cm³/mol. The van der Waals surface area contributed by atoms with Crippen molar-refractivity contribution in [3.8, 4) is 0 Å².